The maximum Gasteiger partial charge on any atom is 0.229 e. The van der Waals surface area contributed by atoms with E-state index in [-0.39, 0.29) is 35.2 Å². The van der Waals surface area contributed by atoms with Crippen molar-refractivity contribution in [1.82, 2.24) is 0 Å². The molecule has 0 amide bonds. The van der Waals surface area contributed by atoms with Crippen LogP contribution in [0, 0.1) is 0 Å². The molecule has 0 aliphatic carbocycles. The van der Waals surface area contributed by atoms with Gasteiger partial charge in [-0.05, 0) is 17.7 Å². The van der Waals surface area contributed by atoms with Crippen molar-refractivity contribution in [2.45, 2.75) is 36.6 Å². The molecule has 11 nitrogen and oxygen atoms in total. The van der Waals surface area contributed by atoms with E-state index in [4.69, 9.17) is 18.9 Å². The number of fused-ring (bicyclic) bond motifs is 1. The van der Waals surface area contributed by atoms with Crippen molar-refractivity contribution in [3.8, 4) is 28.7 Å². The van der Waals surface area contributed by atoms with Gasteiger partial charge in [-0.15, -0.1) is 0 Å². The van der Waals surface area contributed by atoms with Crippen molar-refractivity contribution < 1.29 is 54.4 Å². The van der Waals surface area contributed by atoms with Crippen LogP contribution >= 0.6 is 0 Å². The molecular formula is C22H24O11. The second-order valence-electron chi connectivity index (χ2n) is 7.76. The molecule has 178 valence electrons. The molecule has 0 spiro atoms. The number of aliphatic hydroxyl groups excluding tert-OH is 4. The fourth-order valence-corrected chi connectivity index (χ4v) is 3.91. The Morgan fingerprint density at radius 3 is 2.39 bits per heavy atom. The largest absolute Gasteiger partial charge is 0.508 e. The molecule has 1 unspecified atom stereocenters. The fourth-order valence-electron chi connectivity index (χ4n) is 3.91. The molecule has 2 aromatic carbocycles. The van der Waals surface area contributed by atoms with E-state index >= 15 is 0 Å². The summed E-state index contributed by atoms with van der Waals surface area (Å²) in [6.07, 6.45) is -7.65. The summed E-state index contributed by atoms with van der Waals surface area (Å²) in [5.74, 6) is -2.06. The highest BCUT2D eigenvalue weighted by atomic mass is 16.7. The lowest BCUT2D eigenvalue weighted by Crippen LogP contribution is -2.60. The zero-order valence-corrected chi connectivity index (χ0v) is 17.5. The summed E-state index contributed by atoms with van der Waals surface area (Å²) in [6, 6.07) is 7.32. The van der Waals surface area contributed by atoms with E-state index in [0.717, 1.165) is 0 Å². The van der Waals surface area contributed by atoms with Gasteiger partial charge >= 0.3 is 0 Å². The van der Waals surface area contributed by atoms with Crippen LogP contribution < -0.4 is 14.2 Å². The number of aliphatic hydroxyl groups is 4. The quantitative estimate of drug-likeness (QED) is 0.341. The van der Waals surface area contributed by atoms with Gasteiger partial charge in [0.2, 0.25) is 12.0 Å². The van der Waals surface area contributed by atoms with E-state index in [1.165, 1.54) is 25.3 Å². The van der Waals surface area contributed by atoms with Gasteiger partial charge in [0, 0.05) is 6.07 Å². The Morgan fingerprint density at radius 1 is 1.06 bits per heavy atom. The summed E-state index contributed by atoms with van der Waals surface area (Å²) in [4.78, 5) is 13.2. The lowest BCUT2D eigenvalue weighted by Gasteiger charge is -2.39. The summed E-state index contributed by atoms with van der Waals surface area (Å²) < 4.78 is 21.8. The van der Waals surface area contributed by atoms with Crippen molar-refractivity contribution >= 4 is 5.78 Å². The van der Waals surface area contributed by atoms with Gasteiger partial charge in [0.25, 0.3) is 0 Å². The zero-order valence-electron chi connectivity index (χ0n) is 17.5. The SMILES string of the molecule is COc1c(O[C@@H]2O[C@H](CO)[C@@H](O)[C@H](O)[C@H]2O)cc2c(c1O)C(=O)C(c1ccc(O)cc1)CO2. The number of Topliss-reactive ketones (excluding diaryl/α,β-unsaturated/α-hetero) is 1. The van der Waals surface area contributed by atoms with Crippen molar-refractivity contribution in [1.29, 1.82) is 0 Å². The van der Waals surface area contributed by atoms with Gasteiger partial charge in [-0.1, -0.05) is 12.1 Å². The van der Waals surface area contributed by atoms with Crippen molar-refractivity contribution in [2.24, 2.45) is 0 Å². The van der Waals surface area contributed by atoms with E-state index in [2.05, 4.69) is 0 Å². The Hall–Kier alpha value is -3.09. The minimum Gasteiger partial charge on any atom is -0.508 e. The third-order valence-electron chi connectivity index (χ3n) is 5.74. The minimum atomic E-state index is -1.69. The van der Waals surface area contributed by atoms with Gasteiger partial charge in [0.15, 0.2) is 17.3 Å². The number of phenols is 2. The first-order valence-electron chi connectivity index (χ1n) is 10.1. The number of carbonyl (C=O) groups excluding carboxylic acids is 1. The van der Waals surface area contributed by atoms with Crippen molar-refractivity contribution in [2.75, 3.05) is 20.3 Å². The second kappa shape index (κ2) is 9.04. The first-order chi connectivity index (χ1) is 15.8. The number of carbonyl (C=O) groups is 1. The predicted octanol–water partition coefficient (Wildman–Crippen LogP) is -0.356. The summed E-state index contributed by atoms with van der Waals surface area (Å²) in [5, 5.41) is 59.8. The molecule has 1 saturated heterocycles. The highest BCUT2D eigenvalue weighted by Crippen LogP contribution is 2.48. The first-order valence-corrected chi connectivity index (χ1v) is 10.1. The lowest BCUT2D eigenvalue weighted by atomic mass is 9.88. The Bertz CT molecular complexity index is 1020. The Morgan fingerprint density at radius 2 is 1.76 bits per heavy atom. The maximum absolute atomic E-state index is 13.2. The van der Waals surface area contributed by atoms with E-state index in [1.807, 2.05) is 0 Å². The van der Waals surface area contributed by atoms with Crippen molar-refractivity contribution in [3.63, 3.8) is 0 Å². The van der Waals surface area contributed by atoms with E-state index in [9.17, 15) is 35.4 Å². The van der Waals surface area contributed by atoms with Crippen LogP contribution in [0.25, 0.3) is 0 Å². The number of ketones is 1. The first kappa shape index (κ1) is 23.1. The van der Waals surface area contributed by atoms with Crippen LogP contribution in [0.15, 0.2) is 30.3 Å². The smallest absolute Gasteiger partial charge is 0.229 e. The number of benzene rings is 2. The Labute approximate surface area is 188 Å². The number of hydrogen-bond donors (Lipinski definition) is 6. The van der Waals surface area contributed by atoms with Gasteiger partial charge in [-0.3, -0.25) is 4.79 Å². The third-order valence-corrected chi connectivity index (χ3v) is 5.74. The molecule has 2 aliphatic rings. The van der Waals surface area contributed by atoms with Crippen LogP contribution in [0.3, 0.4) is 0 Å². The second-order valence-corrected chi connectivity index (χ2v) is 7.76. The maximum atomic E-state index is 13.2. The van der Waals surface area contributed by atoms with Crippen LogP contribution in [-0.4, -0.2) is 87.5 Å². The monoisotopic (exact) mass is 464 g/mol. The zero-order chi connectivity index (χ0) is 23.9. The highest BCUT2D eigenvalue weighted by Gasteiger charge is 2.45. The highest BCUT2D eigenvalue weighted by molar-refractivity contribution is 6.07. The summed E-state index contributed by atoms with van der Waals surface area (Å²) >= 11 is 0. The van der Waals surface area contributed by atoms with Gasteiger partial charge in [0.1, 0.15) is 48.1 Å². The average molecular weight is 464 g/mol. The molecule has 2 aromatic rings. The molecule has 0 bridgehead atoms. The summed E-state index contributed by atoms with van der Waals surface area (Å²) in [6.45, 7) is -0.685. The third kappa shape index (κ3) is 4.05. The molecular weight excluding hydrogens is 440 g/mol. The lowest BCUT2D eigenvalue weighted by molar-refractivity contribution is -0.277. The molecule has 33 heavy (non-hydrogen) atoms. The Kier molecular flexibility index (Phi) is 6.32. The molecule has 0 aromatic heterocycles. The fraction of sp³-hybridized carbons (Fsp3) is 0.409. The molecule has 0 saturated carbocycles. The molecule has 2 aliphatic heterocycles. The number of rotatable bonds is 5. The molecule has 4 rings (SSSR count). The molecule has 2 heterocycles. The number of methoxy groups -OCH3 is 1. The van der Waals surface area contributed by atoms with Crippen LogP contribution in [0.1, 0.15) is 21.8 Å². The normalized spacial score (nSPS) is 29.2. The van der Waals surface area contributed by atoms with Crippen LogP contribution in [0.4, 0.5) is 0 Å². The summed E-state index contributed by atoms with van der Waals surface area (Å²) in [7, 11) is 1.23. The Balaban J connectivity index is 1.66. The number of phenolic OH excluding ortho intramolecular Hbond substituents is 2. The number of hydrogen-bond acceptors (Lipinski definition) is 11. The number of ether oxygens (including phenoxy) is 4. The van der Waals surface area contributed by atoms with Crippen molar-refractivity contribution in [3.05, 3.63) is 41.5 Å². The van der Waals surface area contributed by atoms with Crippen LogP contribution in [0.2, 0.25) is 0 Å². The molecule has 0 radical (unpaired) electrons. The van der Waals surface area contributed by atoms with Gasteiger partial charge in [0.05, 0.1) is 19.6 Å². The standard InChI is InChI=1S/C22H24O11/c1-30-21-13(32-22-20(29)19(28)17(26)14(7-23)33-22)6-12-15(18(21)27)16(25)11(8-31-12)9-2-4-10(24)5-3-9/h2-6,11,14,17,19-20,22-24,26-29H,7-8H2,1H3/t11?,14-,17-,19+,20-,22-/m1/s1. The van der Waals surface area contributed by atoms with E-state index in [0.29, 0.717) is 5.56 Å². The number of aromatic hydroxyl groups is 2. The molecule has 11 heteroatoms. The molecule has 6 N–H and O–H groups in total. The average Bonchev–Trinajstić information content (AvgIpc) is 2.80. The van der Waals surface area contributed by atoms with E-state index < -0.39 is 54.8 Å². The van der Waals surface area contributed by atoms with Gasteiger partial charge in [-0.2, -0.15) is 0 Å². The van der Waals surface area contributed by atoms with Gasteiger partial charge in [-0.25, -0.2) is 0 Å². The molecule has 6 atom stereocenters. The topological polar surface area (TPSA) is 175 Å². The van der Waals surface area contributed by atoms with Crippen LogP contribution in [-0.2, 0) is 4.74 Å². The summed E-state index contributed by atoms with van der Waals surface area (Å²) in [5.41, 5.74) is 0.459. The van der Waals surface area contributed by atoms with Crippen LogP contribution in [0.5, 0.6) is 28.7 Å². The minimum absolute atomic E-state index is 0.00733. The molecule has 1 fully saturated rings. The predicted molar refractivity (Wildman–Crippen MR) is 110 cm³/mol. The van der Waals surface area contributed by atoms with E-state index in [1.54, 1.807) is 12.1 Å². The van der Waals surface area contributed by atoms with Gasteiger partial charge < -0.3 is 49.6 Å².